The molecule has 0 atom stereocenters. The molecule has 0 unspecified atom stereocenters. The second-order valence-electron chi connectivity index (χ2n) is 8.01. The Morgan fingerprint density at radius 1 is 1.19 bits per heavy atom. The number of hydrogen-bond donors (Lipinski definition) is 0. The van der Waals surface area contributed by atoms with E-state index in [9.17, 15) is 4.79 Å². The van der Waals surface area contributed by atoms with Crippen molar-refractivity contribution in [1.29, 1.82) is 0 Å². The van der Waals surface area contributed by atoms with E-state index in [0.29, 0.717) is 0 Å². The molecular weight excluding hydrogens is 395 g/mol. The van der Waals surface area contributed by atoms with E-state index in [2.05, 4.69) is 22.5 Å². The number of hydrogen-bond acceptors (Lipinski definition) is 4. The number of carbonyl (C=O) groups is 1. The highest BCUT2D eigenvalue weighted by Gasteiger charge is 2.51. The van der Waals surface area contributed by atoms with Gasteiger partial charge in [-0.25, -0.2) is 0 Å². The van der Waals surface area contributed by atoms with Crippen LogP contribution in [0.25, 0.3) is 0 Å². The maximum Gasteiger partial charge on any atom is 0.494 e. The third kappa shape index (κ3) is 5.21. The lowest BCUT2D eigenvalue weighted by molar-refractivity contribution is -0.146. The van der Waals surface area contributed by atoms with Gasteiger partial charge >= 0.3 is 13.1 Å². The van der Waals surface area contributed by atoms with Crippen LogP contribution in [0, 0.1) is 0 Å². The molecule has 0 spiro atoms. The van der Waals surface area contributed by atoms with E-state index in [-0.39, 0.29) is 17.2 Å². The molecular formula is C20H30BBrO4. The molecule has 1 fully saturated rings. The molecule has 0 radical (unpaired) electrons. The fourth-order valence-corrected chi connectivity index (χ4v) is 2.43. The third-order valence-corrected chi connectivity index (χ3v) is 4.83. The quantitative estimate of drug-likeness (QED) is 0.534. The molecule has 1 aliphatic rings. The molecule has 1 saturated heterocycles. The van der Waals surface area contributed by atoms with Crippen molar-refractivity contribution in [2.75, 3.05) is 7.11 Å². The topological polar surface area (TPSA) is 44.8 Å². The van der Waals surface area contributed by atoms with Gasteiger partial charge in [-0.1, -0.05) is 46.8 Å². The molecule has 0 aromatic heterocycles. The SMILES string of the molecule is C=C(C)Br.COC(=O)C(C)(C)c1cccc(B2OC(C)(C)C(C)(C)O2)c1. The first-order valence-electron chi connectivity index (χ1n) is 8.60. The van der Waals surface area contributed by atoms with Crippen molar-refractivity contribution in [3.63, 3.8) is 0 Å². The fraction of sp³-hybridized carbons (Fsp3) is 0.550. The maximum atomic E-state index is 12.0. The number of ether oxygens (including phenoxy) is 1. The van der Waals surface area contributed by atoms with E-state index in [1.165, 1.54) is 7.11 Å². The molecule has 0 bridgehead atoms. The van der Waals surface area contributed by atoms with E-state index >= 15 is 0 Å². The van der Waals surface area contributed by atoms with E-state index < -0.39 is 12.5 Å². The minimum absolute atomic E-state index is 0.265. The van der Waals surface area contributed by atoms with Crippen LogP contribution in [0.2, 0.25) is 0 Å². The average molecular weight is 425 g/mol. The normalized spacial score (nSPS) is 18.0. The van der Waals surface area contributed by atoms with Crippen molar-refractivity contribution < 1.29 is 18.8 Å². The minimum Gasteiger partial charge on any atom is -0.468 e. The van der Waals surface area contributed by atoms with Gasteiger partial charge in [-0.15, -0.1) is 0 Å². The van der Waals surface area contributed by atoms with Crippen molar-refractivity contribution in [2.45, 2.75) is 65.1 Å². The van der Waals surface area contributed by atoms with Gasteiger partial charge in [0.2, 0.25) is 0 Å². The highest BCUT2D eigenvalue weighted by molar-refractivity contribution is 9.11. The molecule has 0 N–H and O–H groups in total. The summed E-state index contributed by atoms with van der Waals surface area (Å²) in [5.41, 5.74) is 0.311. The van der Waals surface area contributed by atoms with Crippen LogP contribution in [0.1, 0.15) is 54.0 Å². The first kappa shape index (κ1) is 22.9. The van der Waals surface area contributed by atoms with Crippen LogP contribution < -0.4 is 5.46 Å². The van der Waals surface area contributed by atoms with E-state index in [0.717, 1.165) is 15.5 Å². The van der Waals surface area contributed by atoms with Gasteiger partial charge in [0, 0.05) is 0 Å². The van der Waals surface area contributed by atoms with Gasteiger partial charge in [0.15, 0.2) is 0 Å². The van der Waals surface area contributed by atoms with Crippen molar-refractivity contribution >= 4 is 34.5 Å². The zero-order chi connectivity index (χ0) is 20.3. The minimum atomic E-state index is -0.714. The summed E-state index contributed by atoms with van der Waals surface area (Å²) >= 11 is 3.08. The van der Waals surface area contributed by atoms with Gasteiger partial charge in [-0.05, 0) is 64.0 Å². The number of rotatable bonds is 3. The summed E-state index contributed by atoms with van der Waals surface area (Å²) in [5.74, 6) is -0.265. The smallest absolute Gasteiger partial charge is 0.468 e. The highest BCUT2D eigenvalue weighted by Crippen LogP contribution is 2.36. The van der Waals surface area contributed by atoms with Gasteiger partial charge < -0.3 is 14.0 Å². The van der Waals surface area contributed by atoms with Crippen LogP contribution in [-0.2, 0) is 24.3 Å². The molecule has 0 amide bonds. The second kappa shape index (κ2) is 8.28. The van der Waals surface area contributed by atoms with Crippen LogP contribution in [0.4, 0.5) is 0 Å². The van der Waals surface area contributed by atoms with E-state index in [1.807, 2.05) is 72.7 Å². The summed E-state index contributed by atoms with van der Waals surface area (Å²) in [5, 5.41) is 0. The molecule has 0 aliphatic carbocycles. The average Bonchev–Trinajstić information content (AvgIpc) is 2.74. The molecule has 26 heavy (non-hydrogen) atoms. The van der Waals surface area contributed by atoms with Crippen LogP contribution in [0.15, 0.2) is 35.3 Å². The molecule has 1 aromatic carbocycles. The van der Waals surface area contributed by atoms with Gasteiger partial charge in [0.05, 0.1) is 23.7 Å². The lowest BCUT2D eigenvalue weighted by Gasteiger charge is -2.32. The van der Waals surface area contributed by atoms with Crippen molar-refractivity contribution in [2.24, 2.45) is 0 Å². The van der Waals surface area contributed by atoms with Gasteiger partial charge in [0.25, 0.3) is 0 Å². The number of benzene rings is 1. The predicted octanol–water partition coefficient (Wildman–Crippen LogP) is 4.35. The van der Waals surface area contributed by atoms with Gasteiger partial charge in [-0.2, -0.15) is 0 Å². The lowest BCUT2D eigenvalue weighted by Crippen LogP contribution is -2.41. The molecule has 1 heterocycles. The van der Waals surface area contributed by atoms with Gasteiger partial charge in [-0.3, -0.25) is 4.79 Å². The zero-order valence-corrected chi connectivity index (χ0v) is 18.7. The number of allylic oxidation sites excluding steroid dienone is 1. The van der Waals surface area contributed by atoms with Crippen LogP contribution in [0.3, 0.4) is 0 Å². The summed E-state index contributed by atoms with van der Waals surface area (Å²) in [6, 6.07) is 7.75. The highest BCUT2D eigenvalue weighted by atomic mass is 79.9. The first-order valence-corrected chi connectivity index (χ1v) is 9.39. The number of halogens is 1. The molecule has 4 nitrogen and oxygen atoms in total. The van der Waals surface area contributed by atoms with Crippen LogP contribution >= 0.6 is 15.9 Å². The summed E-state index contributed by atoms with van der Waals surface area (Å²) in [7, 11) is 0.973. The largest absolute Gasteiger partial charge is 0.494 e. The molecule has 6 heteroatoms. The number of methoxy groups -OCH3 is 1. The lowest BCUT2D eigenvalue weighted by atomic mass is 9.75. The van der Waals surface area contributed by atoms with Crippen molar-refractivity contribution in [1.82, 2.24) is 0 Å². The Hall–Kier alpha value is -1.11. The predicted molar refractivity (Wildman–Crippen MR) is 111 cm³/mol. The second-order valence-corrected chi connectivity index (χ2v) is 9.36. The monoisotopic (exact) mass is 424 g/mol. The Labute approximate surface area is 166 Å². The number of esters is 1. The third-order valence-electron chi connectivity index (χ3n) is 4.83. The molecule has 1 aliphatic heterocycles. The number of carbonyl (C=O) groups excluding carboxylic acids is 1. The Balaban J connectivity index is 0.000000765. The summed E-state index contributed by atoms with van der Waals surface area (Å²) in [4.78, 5) is 12.0. The molecule has 2 rings (SSSR count). The van der Waals surface area contributed by atoms with Crippen LogP contribution in [0.5, 0.6) is 0 Å². The van der Waals surface area contributed by atoms with Crippen molar-refractivity contribution in [3.8, 4) is 0 Å². The standard InChI is InChI=1S/C17H25BO4.C3H5Br/c1-15(2,14(19)20-7)12-9-8-10-13(11-12)18-21-16(3,4)17(5,6)22-18;1-3(2)4/h8-11H,1-7H3;1H2,2H3. The Kier molecular flexibility index (Phi) is 7.30. The van der Waals surface area contributed by atoms with E-state index in [4.69, 9.17) is 14.0 Å². The summed E-state index contributed by atoms with van der Waals surface area (Å²) < 4.78 is 18.0. The molecule has 144 valence electrons. The maximum absolute atomic E-state index is 12.0. The Morgan fingerprint density at radius 2 is 1.65 bits per heavy atom. The van der Waals surface area contributed by atoms with Crippen molar-refractivity contribution in [3.05, 3.63) is 40.9 Å². The van der Waals surface area contributed by atoms with E-state index in [1.54, 1.807) is 0 Å². The Bertz CT molecular complexity index is 648. The van der Waals surface area contributed by atoms with Gasteiger partial charge in [0.1, 0.15) is 0 Å². The Morgan fingerprint density at radius 3 is 2.08 bits per heavy atom. The fourth-order valence-electron chi connectivity index (χ4n) is 2.43. The first-order chi connectivity index (χ1) is 11.7. The molecule has 1 aromatic rings. The summed E-state index contributed by atoms with van der Waals surface area (Å²) in [6.45, 7) is 17.2. The zero-order valence-electron chi connectivity index (χ0n) is 17.1. The van der Waals surface area contributed by atoms with Crippen LogP contribution in [-0.4, -0.2) is 31.4 Å². The molecule has 0 saturated carbocycles. The summed E-state index contributed by atoms with van der Waals surface area (Å²) in [6.07, 6.45) is 0.